The topological polar surface area (TPSA) is 90.5 Å². The molecule has 0 spiro atoms. The van der Waals surface area contributed by atoms with Crippen molar-refractivity contribution in [3.8, 4) is 0 Å². The summed E-state index contributed by atoms with van der Waals surface area (Å²) in [4.78, 5) is 39.1. The molecule has 2 aromatic rings. The number of nitrogens with zero attached hydrogens (tertiary/aromatic N) is 1. The highest BCUT2D eigenvalue weighted by molar-refractivity contribution is 5.96. The maximum Gasteiger partial charge on any atom is 0.319 e. The Kier molecular flexibility index (Phi) is 6.21. The maximum absolute atomic E-state index is 12.8. The van der Waals surface area contributed by atoms with E-state index < -0.39 is 0 Å². The maximum atomic E-state index is 12.8. The van der Waals surface area contributed by atoms with E-state index in [2.05, 4.69) is 16.0 Å². The van der Waals surface area contributed by atoms with Crippen LogP contribution in [0.1, 0.15) is 41.6 Å². The minimum Gasteiger partial charge on any atom is -0.338 e. The Morgan fingerprint density at radius 3 is 2.16 bits per heavy atom. The molecule has 4 amide bonds. The number of amides is 4. The highest BCUT2D eigenvalue weighted by Gasteiger charge is 2.29. The van der Waals surface area contributed by atoms with E-state index in [1.165, 1.54) is 0 Å². The first-order valence-electron chi connectivity index (χ1n) is 10.8. The molecule has 3 N–H and O–H groups in total. The second kappa shape index (κ2) is 9.20. The van der Waals surface area contributed by atoms with Crippen LogP contribution >= 0.6 is 0 Å². The third-order valence-electron chi connectivity index (χ3n) is 5.70. The number of rotatable bonds is 5. The molecule has 1 aliphatic heterocycles. The molecule has 2 aromatic carbocycles. The number of hydrogen-bond acceptors (Lipinski definition) is 3. The molecule has 0 bridgehead atoms. The Labute approximate surface area is 182 Å². The monoisotopic (exact) mass is 420 g/mol. The van der Waals surface area contributed by atoms with E-state index in [-0.39, 0.29) is 23.8 Å². The van der Waals surface area contributed by atoms with E-state index in [1.54, 1.807) is 29.2 Å². The summed E-state index contributed by atoms with van der Waals surface area (Å²) < 4.78 is 0. The number of piperidine rings is 1. The summed E-state index contributed by atoms with van der Waals surface area (Å²) in [6, 6.07) is 14.7. The molecule has 1 heterocycles. The van der Waals surface area contributed by atoms with Crippen molar-refractivity contribution in [3.05, 3.63) is 59.7 Å². The van der Waals surface area contributed by atoms with Gasteiger partial charge in [0.25, 0.3) is 5.91 Å². The number of benzene rings is 2. The quantitative estimate of drug-likeness (QED) is 0.688. The van der Waals surface area contributed by atoms with E-state index in [9.17, 15) is 14.4 Å². The number of nitrogens with one attached hydrogen (secondary N) is 3. The van der Waals surface area contributed by atoms with E-state index >= 15 is 0 Å². The molecule has 1 saturated heterocycles. The summed E-state index contributed by atoms with van der Waals surface area (Å²) in [5, 5.41) is 8.59. The van der Waals surface area contributed by atoms with Crippen LogP contribution in [0.2, 0.25) is 0 Å². The van der Waals surface area contributed by atoms with Gasteiger partial charge in [0.2, 0.25) is 5.91 Å². The van der Waals surface area contributed by atoms with E-state index in [0.29, 0.717) is 36.1 Å². The van der Waals surface area contributed by atoms with E-state index in [0.717, 1.165) is 31.2 Å². The van der Waals surface area contributed by atoms with Crippen LogP contribution in [0, 0.1) is 12.8 Å². The van der Waals surface area contributed by atoms with Gasteiger partial charge in [0, 0.05) is 36.1 Å². The molecule has 1 saturated carbocycles. The van der Waals surface area contributed by atoms with Gasteiger partial charge >= 0.3 is 6.03 Å². The molecule has 2 aliphatic rings. The van der Waals surface area contributed by atoms with Crippen molar-refractivity contribution in [1.82, 2.24) is 10.2 Å². The third kappa shape index (κ3) is 5.63. The molecule has 31 heavy (non-hydrogen) atoms. The third-order valence-corrected chi connectivity index (χ3v) is 5.70. The zero-order chi connectivity index (χ0) is 21.8. The Morgan fingerprint density at radius 1 is 0.871 bits per heavy atom. The largest absolute Gasteiger partial charge is 0.338 e. The van der Waals surface area contributed by atoms with Gasteiger partial charge in [-0.15, -0.1) is 0 Å². The van der Waals surface area contributed by atoms with Crippen LogP contribution in [0.15, 0.2) is 48.5 Å². The predicted molar refractivity (Wildman–Crippen MR) is 120 cm³/mol. The molecule has 0 radical (unpaired) electrons. The van der Waals surface area contributed by atoms with Gasteiger partial charge in [0.1, 0.15) is 0 Å². The number of carbonyl (C=O) groups is 3. The summed E-state index contributed by atoms with van der Waals surface area (Å²) in [5.41, 5.74) is 3.10. The van der Waals surface area contributed by atoms with Crippen LogP contribution in [-0.4, -0.2) is 41.9 Å². The Bertz CT molecular complexity index is 952. The molecule has 4 rings (SSSR count). The van der Waals surface area contributed by atoms with Crippen molar-refractivity contribution in [2.45, 2.75) is 38.6 Å². The normalized spacial score (nSPS) is 18.2. The lowest BCUT2D eigenvalue weighted by molar-refractivity contribution is -0.121. The van der Waals surface area contributed by atoms with Crippen molar-refractivity contribution in [3.63, 3.8) is 0 Å². The van der Waals surface area contributed by atoms with Crippen molar-refractivity contribution < 1.29 is 14.4 Å². The van der Waals surface area contributed by atoms with Crippen LogP contribution in [0.4, 0.5) is 16.2 Å². The fraction of sp³-hybridized carbons (Fsp3) is 0.375. The van der Waals surface area contributed by atoms with Crippen molar-refractivity contribution in [1.29, 1.82) is 0 Å². The number of carbonyl (C=O) groups excluding carboxylic acids is 3. The Balaban J connectivity index is 1.30. The zero-order valence-corrected chi connectivity index (χ0v) is 17.7. The lowest BCUT2D eigenvalue weighted by Crippen LogP contribution is -2.43. The molecular weight excluding hydrogens is 392 g/mol. The molecule has 162 valence electrons. The first-order valence-corrected chi connectivity index (χ1v) is 10.8. The van der Waals surface area contributed by atoms with Crippen LogP contribution in [0.25, 0.3) is 0 Å². The number of hydrogen-bond donors (Lipinski definition) is 3. The molecule has 1 aliphatic carbocycles. The summed E-state index contributed by atoms with van der Waals surface area (Å²) in [5.74, 6) is -0.365. The lowest BCUT2D eigenvalue weighted by Gasteiger charge is -2.32. The highest BCUT2D eigenvalue weighted by atomic mass is 16.2. The van der Waals surface area contributed by atoms with Gasteiger partial charge in [0.05, 0.1) is 5.92 Å². The molecule has 0 aromatic heterocycles. The van der Waals surface area contributed by atoms with Gasteiger partial charge in [-0.3, -0.25) is 9.59 Å². The highest BCUT2D eigenvalue weighted by Crippen LogP contribution is 2.22. The second-order valence-corrected chi connectivity index (χ2v) is 8.40. The van der Waals surface area contributed by atoms with Gasteiger partial charge in [0.15, 0.2) is 0 Å². The van der Waals surface area contributed by atoms with E-state index in [1.807, 2.05) is 31.2 Å². The van der Waals surface area contributed by atoms with Crippen molar-refractivity contribution >= 4 is 29.2 Å². The van der Waals surface area contributed by atoms with Gasteiger partial charge in [-0.25, -0.2) is 4.79 Å². The first-order chi connectivity index (χ1) is 15.0. The van der Waals surface area contributed by atoms with Crippen LogP contribution < -0.4 is 16.0 Å². The van der Waals surface area contributed by atoms with Gasteiger partial charge in [-0.05, 0) is 69.0 Å². The van der Waals surface area contributed by atoms with Gasteiger partial charge in [-0.1, -0.05) is 17.7 Å². The average molecular weight is 421 g/mol. The summed E-state index contributed by atoms with van der Waals surface area (Å²) >= 11 is 0. The standard InChI is InChI=1S/C24H28N4O3/c1-16-4-6-17(7-5-16)23(30)28-14-2-3-18(15-28)22(29)25-19-8-10-20(11-9-19)26-24(31)27-21-12-13-21/h4-11,18,21H,2-3,12-15H2,1H3,(H,25,29)(H2,26,27,31). The summed E-state index contributed by atoms with van der Waals surface area (Å²) in [6.07, 6.45) is 3.63. The number of anilines is 2. The molecule has 1 atom stereocenters. The van der Waals surface area contributed by atoms with E-state index in [4.69, 9.17) is 0 Å². The number of aryl methyl sites for hydroxylation is 1. The lowest BCUT2D eigenvalue weighted by atomic mass is 9.96. The van der Waals surface area contributed by atoms with Gasteiger partial charge < -0.3 is 20.9 Å². The number of likely N-dealkylation sites (tertiary alicyclic amines) is 1. The van der Waals surface area contributed by atoms with Crippen molar-refractivity contribution in [2.75, 3.05) is 23.7 Å². The molecule has 1 unspecified atom stereocenters. The Morgan fingerprint density at radius 2 is 1.52 bits per heavy atom. The fourth-order valence-corrected chi connectivity index (χ4v) is 3.72. The zero-order valence-electron chi connectivity index (χ0n) is 17.7. The smallest absolute Gasteiger partial charge is 0.319 e. The Hall–Kier alpha value is -3.35. The average Bonchev–Trinajstić information content (AvgIpc) is 3.59. The predicted octanol–water partition coefficient (Wildman–Crippen LogP) is 3.77. The van der Waals surface area contributed by atoms with Crippen LogP contribution in [0.3, 0.4) is 0 Å². The summed E-state index contributed by atoms with van der Waals surface area (Å²) in [7, 11) is 0. The van der Waals surface area contributed by atoms with Crippen LogP contribution in [-0.2, 0) is 4.79 Å². The molecule has 7 heteroatoms. The summed E-state index contributed by atoms with van der Waals surface area (Å²) in [6.45, 7) is 3.07. The van der Waals surface area contributed by atoms with Crippen LogP contribution in [0.5, 0.6) is 0 Å². The second-order valence-electron chi connectivity index (χ2n) is 8.40. The van der Waals surface area contributed by atoms with Crippen molar-refractivity contribution in [2.24, 2.45) is 5.92 Å². The first kappa shape index (κ1) is 20.9. The minimum absolute atomic E-state index is 0.0302. The number of urea groups is 1. The molecular formula is C24H28N4O3. The van der Waals surface area contributed by atoms with Gasteiger partial charge in [-0.2, -0.15) is 0 Å². The SMILES string of the molecule is Cc1ccc(C(=O)N2CCCC(C(=O)Nc3ccc(NC(=O)NC4CC4)cc3)C2)cc1. The molecule has 7 nitrogen and oxygen atoms in total. The minimum atomic E-state index is -0.245. The molecule has 2 fully saturated rings. The fourth-order valence-electron chi connectivity index (χ4n) is 3.72.